The normalized spacial score (nSPS) is 12.3. The van der Waals surface area contributed by atoms with Gasteiger partial charge in [0.15, 0.2) is 0 Å². The van der Waals surface area contributed by atoms with E-state index in [2.05, 4.69) is 69.1 Å². The van der Waals surface area contributed by atoms with Gasteiger partial charge in [0.1, 0.15) is 6.33 Å². The third-order valence-electron chi connectivity index (χ3n) is 2.98. The van der Waals surface area contributed by atoms with Gasteiger partial charge in [0.2, 0.25) is 0 Å². The lowest BCUT2D eigenvalue weighted by Crippen LogP contribution is -2.24. The van der Waals surface area contributed by atoms with Gasteiger partial charge in [-0.1, -0.05) is 19.1 Å². The van der Waals surface area contributed by atoms with E-state index >= 15 is 0 Å². The van der Waals surface area contributed by atoms with Crippen LogP contribution in [0.2, 0.25) is 0 Å². The molecule has 1 aromatic heterocycles. The Kier molecular flexibility index (Phi) is 5.72. The van der Waals surface area contributed by atoms with Crippen molar-refractivity contribution in [3.8, 4) is 0 Å². The Morgan fingerprint density at radius 3 is 2.47 bits per heavy atom. The molecule has 1 unspecified atom stereocenters. The summed E-state index contributed by atoms with van der Waals surface area (Å²) in [6, 6.07) is 8.95. The van der Waals surface area contributed by atoms with Crippen LogP contribution in [0.5, 0.6) is 0 Å². The minimum atomic E-state index is 0.279. The van der Waals surface area contributed by atoms with Gasteiger partial charge in [0.05, 0.1) is 0 Å². The monoisotopic (exact) mass is 367 g/mol. The first-order chi connectivity index (χ1) is 9.29. The Bertz CT molecular complexity index is 485. The third kappa shape index (κ3) is 4.54. The molecule has 0 saturated heterocycles. The van der Waals surface area contributed by atoms with E-state index in [0.29, 0.717) is 0 Å². The quantitative estimate of drug-likeness (QED) is 0.796. The molecule has 0 fully saturated rings. The molecule has 1 atom stereocenters. The SMILES string of the molecule is CCCNC(Cc1ccc(I)cc1)c1cncnc1. The van der Waals surface area contributed by atoms with Crippen LogP contribution in [0.4, 0.5) is 0 Å². The van der Waals surface area contributed by atoms with Gasteiger partial charge in [-0.15, -0.1) is 0 Å². The molecule has 1 heterocycles. The molecular formula is C15H18IN3. The first-order valence-corrected chi connectivity index (χ1v) is 7.60. The maximum atomic E-state index is 4.12. The Morgan fingerprint density at radius 2 is 1.84 bits per heavy atom. The second kappa shape index (κ2) is 7.55. The molecule has 19 heavy (non-hydrogen) atoms. The molecule has 2 aromatic rings. The average molecular weight is 367 g/mol. The predicted octanol–water partition coefficient (Wildman–Crippen LogP) is 3.36. The minimum Gasteiger partial charge on any atom is -0.310 e. The van der Waals surface area contributed by atoms with Crippen LogP contribution in [-0.2, 0) is 6.42 Å². The highest BCUT2D eigenvalue weighted by Gasteiger charge is 2.11. The van der Waals surface area contributed by atoms with E-state index in [1.165, 1.54) is 9.13 Å². The van der Waals surface area contributed by atoms with Gasteiger partial charge in [-0.05, 0) is 59.7 Å². The van der Waals surface area contributed by atoms with Crippen LogP contribution in [0.1, 0.15) is 30.5 Å². The van der Waals surface area contributed by atoms with Crippen molar-refractivity contribution in [2.45, 2.75) is 25.8 Å². The van der Waals surface area contributed by atoms with Crippen LogP contribution in [-0.4, -0.2) is 16.5 Å². The zero-order chi connectivity index (χ0) is 13.5. The highest BCUT2D eigenvalue weighted by atomic mass is 127. The number of nitrogens with zero attached hydrogens (tertiary/aromatic N) is 2. The zero-order valence-corrected chi connectivity index (χ0v) is 13.2. The van der Waals surface area contributed by atoms with Gasteiger partial charge in [-0.3, -0.25) is 0 Å². The van der Waals surface area contributed by atoms with Gasteiger partial charge < -0.3 is 5.32 Å². The van der Waals surface area contributed by atoms with Crippen LogP contribution < -0.4 is 5.32 Å². The van der Waals surface area contributed by atoms with E-state index in [-0.39, 0.29) is 6.04 Å². The standard InChI is InChI=1S/C15H18IN3/c1-2-7-19-15(13-9-17-11-18-10-13)8-12-3-5-14(16)6-4-12/h3-6,9-11,15,19H,2,7-8H2,1H3. The molecule has 0 saturated carbocycles. The molecule has 0 aliphatic carbocycles. The molecule has 0 radical (unpaired) electrons. The number of benzene rings is 1. The number of hydrogen-bond donors (Lipinski definition) is 1. The lowest BCUT2D eigenvalue weighted by Gasteiger charge is -2.18. The Balaban J connectivity index is 2.11. The number of hydrogen-bond acceptors (Lipinski definition) is 3. The summed E-state index contributed by atoms with van der Waals surface area (Å²) in [5, 5.41) is 3.57. The Hall–Kier alpha value is -1.01. The molecular weight excluding hydrogens is 349 g/mol. The molecule has 3 nitrogen and oxygen atoms in total. The predicted molar refractivity (Wildman–Crippen MR) is 85.9 cm³/mol. The highest BCUT2D eigenvalue weighted by molar-refractivity contribution is 14.1. The molecule has 1 aromatic carbocycles. The minimum absolute atomic E-state index is 0.279. The second-order valence-corrected chi connectivity index (χ2v) is 5.75. The van der Waals surface area contributed by atoms with E-state index in [1.807, 2.05) is 12.4 Å². The first kappa shape index (κ1) is 14.4. The Morgan fingerprint density at radius 1 is 1.16 bits per heavy atom. The lowest BCUT2D eigenvalue weighted by molar-refractivity contribution is 0.526. The van der Waals surface area contributed by atoms with Crippen LogP contribution >= 0.6 is 22.6 Å². The number of rotatable bonds is 6. The second-order valence-electron chi connectivity index (χ2n) is 4.51. The maximum absolute atomic E-state index is 4.12. The van der Waals surface area contributed by atoms with E-state index in [0.717, 1.165) is 24.9 Å². The summed E-state index contributed by atoms with van der Waals surface area (Å²) < 4.78 is 1.27. The maximum Gasteiger partial charge on any atom is 0.115 e. The van der Waals surface area contributed by atoms with Gasteiger partial charge in [0.25, 0.3) is 0 Å². The summed E-state index contributed by atoms with van der Waals surface area (Å²) in [4.78, 5) is 8.23. The van der Waals surface area contributed by atoms with Crippen LogP contribution in [0.15, 0.2) is 43.0 Å². The summed E-state index contributed by atoms with van der Waals surface area (Å²) >= 11 is 2.33. The van der Waals surface area contributed by atoms with Crippen LogP contribution in [0, 0.1) is 3.57 Å². The first-order valence-electron chi connectivity index (χ1n) is 6.52. The summed E-state index contributed by atoms with van der Waals surface area (Å²) in [6.07, 6.45) is 7.45. The van der Waals surface area contributed by atoms with Crippen molar-refractivity contribution < 1.29 is 0 Å². The molecule has 4 heteroatoms. The smallest absolute Gasteiger partial charge is 0.115 e. The fourth-order valence-corrected chi connectivity index (χ4v) is 2.33. The van der Waals surface area contributed by atoms with Gasteiger partial charge in [-0.25, -0.2) is 9.97 Å². The Labute approximate surface area is 128 Å². The van der Waals surface area contributed by atoms with Crippen molar-refractivity contribution in [3.63, 3.8) is 0 Å². The molecule has 0 aliphatic rings. The van der Waals surface area contributed by atoms with Crippen molar-refractivity contribution in [2.24, 2.45) is 0 Å². The average Bonchev–Trinajstić information content (AvgIpc) is 2.46. The van der Waals surface area contributed by atoms with E-state index in [9.17, 15) is 0 Å². The molecule has 100 valence electrons. The summed E-state index contributed by atoms with van der Waals surface area (Å²) in [7, 11) is 0. The van der Waals surface area contributed by atoms with Crippen LogP contribution in [0.25, 0.3) is 0 Å². The van der Waals surface area contributed by atoms with Gasteiger partial charge >= 0.3 is 0 Å². The fourth-order valence-electron chi connectivity index (χ4n) is 1.97. The molecule has 0 spiro atoms. The van der Waals surface area contributed by atoms with E-state index < -0.39 is 0 Å². The van der Waals surface area contributed by atoms with E-state index in [1.54, 1.807) is 6.33 Å². The van der Waals surface area contributed by atoms with Crippen molar-refractivity contribution in [1.29, 1.82) is 0 Å². The number of halogens is 1. The molecule has 0 bridgehead atoms. The molecule has 2 rings (SSSR count). The van der Waals surface area contributed by atoms with Crippen molar-refractivity contribution in [2.75, 3.05) is 6.54 Å². The molecule has 0 aliphatic heterocycles. The highest BCUT2D eigenvalue weighted by Crippen LogP contribution is 2.18. The van der Waals surface area contributed by atoms with Crippen molar-refractivity contribution >= 4 is 22.6 Å². The molecule has 1 N–H and O–H groups in total. The summed E-state index contributed by atoms with van der Waals surface area (Å²) in [5.74, 6) is 0. The number of nitrogens with one attached hydrogen (secondary N) is 1. The topological polar surface area (TPSA) is 37.8 Å². The van der Waals surface area contributed by atoms with Crippen molar-refractivity contribution in [1.82, 2.24) is 15.3 Å². The largest absolute Gasteiger partial charge is 0.310 e. The third-order valence-corrected chi connectivity index (χ3v) is 3.70. The lowest BCUT2D eigenvalue weighted by atomic mass is 10.0. The summed E-state index contributed by atoms with van der Waals surface area (Å²) in [6.45, 7) is 3.18. The van der Waals surface area contributed by atoms with Crippen molar-refractivity contribution in [3.05, 3.63) is 57.7 Å². The van der Waals surface area contributed by atoms with Gasteiger partial charge in [0, 0.05) is 27.6 Å². The van der Waals surface area contributed by atoms with Crippen LogP contribution in [0.3, 0.4) is 0 Å². The molecule has 0 amide bonds. The fraction of sp³-hybridized carbons (Fsp3) is 0.333. The zero-order valence-electron chi connectivity index (χ0n) is 11.0. The van der Waals surface area contributed by atoms with E-state index in [4.69, 9.17) is 0 Å². The summed E-state index contributed by atoms with van der Waals surface area (Å²) in [5.41, 5.74) is 2.48. The van der Waals surface area contributed by atoms with Gasteiger partial charge in [-0.2, -0.15) is 0 Å². The number of aromatic nitrogens is 2.